The molecule has 2 nitrogen and oxygen atoms in total. The van der Waals surface area contributed by atoms with E-state index in [0.717, 1.165) is 11.6 Å². The molecule has 0 aliphatic heterocycles. The SMILES string of the molecule is Cc1ccc(C)c(Sc2ccc(CNC(C)C)cn2)c1. The number of pyridine rings is 1. The average molecular weight is 286 g/mol. The Morgan fingerprint density at radius 2 is 1.95 bits per heavy atom. The monoisotopic (exact) mass is 286 g/mol. The highest BCUT2D eigenvalue weighted by molar-refractivity contribution is 7.99. The fourth-order valence-corrected chi connectivity index (χ4v) is 2.77. The van der Waals surface area contributed by atoms with Crippen molar-refractivity contribution in [3.8, 4) is 0 Å². The number of hydrogen-bond donors (Lipinski definition) is 1. The Hall–Kier alpha value is -1.32. The lowest BCUT2D eigenvalue weighted by Gasteiger charge is -2.09. The largest absolute Gasteiger partial charge is 0.310 e. The zero-order chi connectivity index (χ0) is 14.5. The summed E-state index contributed by atoms with van der Waals surface area (Å²) in [4.78, 5) is 5.83. The molecule has 20 heavy (non-hydrogen) atoms. The highest BCUT2D eigenvalue weighted by Gasteiger charge is 2.03. The van der Waals surface area contributed by atoms with Gasteiger partial charge >= 0.3 is 0 Å². The first-order valence-corrected chi connectivity index (χ1v) is 7.79. The Labute approximate surface area is 126 Å². The third-order valence-corrected chi connectivity index (χ3v) is 4.18. The molecule has 0 radical (unpaired) electrons. The van der Waals surface area contributed by atoms with Crippen molar-refractivity contribution in [2.75, 3.05) is 0 Å². The first kappa shape index (κ1) is 15.1. The normalized spacial score (nSPS) is 11.1. The molecule has 3 heteroatoms. The van der Waals surface area contributed by atoms with Crippen molar-refractivity contribution in [3.05, 3.63) is 53.2 Å². The summed E-state index contributed by atoms with van der Waals surface area (Å²) in [6.45, 7) is 9.44. The van der Waals surface area contributed by atoms with Crippen molar-refractivity contribution >= 4 is 11.8 Å². The van der Waals surface area contributed by atoms with Crippen LogP contribution in [0.5, 0.6) is 0 Å². The Morgan fingerprint density at radius 1 is 1.15 bits per heavy atom. The van der Waals surface area contributed by atoms with E-state index in [1.165, 1.54) is 21.6 Å². The number of aromatic nitrogens is 1. The summed E-state index contributed by atoms with van der Waals surface area (Å²) in [6.07, 6.45) is 1.96. The minimum atomic E-state index is 0.499. The molecule has 1 aromatic carbocycles. The Balaban J connectivity index is 2.05. The molecule has 0 spiro atoms. The molecule has 0 unspecified atom stereocenters. The van der Waals surface area contributed by atoms with Gasteiger partial charge in [-0.25, -0.2) is 4.98 Å². The molecule has 1 aromatic heterocycles. The second-order valence-electron chi connectivity index (χ2n) is 5.41. The first-order valence-electron chi connectivity index (χ1n) is 6.98. The second kappa shape index (κ2) is 6.91. The average Bonchev–Trinajstić information content (AvgIpc) is 2.42. The van der Waals surface area contributed by atoms with Gasteiger partial charge in [-0.05, 0) is 42.7 Å². The van der Waals surface area contributed by atoms with Crippen molar-refractivity contribution in [1.82, 2.24) is 10.3 Å². The molecule has 0 atom stereocenters. The fourth-order valence-electron chi connectivity index (χ4n) is 1.83. The molecule has 0 bridgehead atoms. The molecule has 0 fully saturated rings. The van der Waals surface area contributed by atoms with Crippen LogP contribution in [0.15, 0.2) is 46.5 Å². The standard InChI is InChI=1S/C17H22N2S/c1-12(2)18-10-15-7-8-17(19-11-15)20-16-9-13(3)5-6-14(16)4/h5-9,11-12,18H,10H2,1-4H3. The van der Waals surface area contributed by atoms with Crippen LogP contribution in [0.2, 0.25) is 0 Å². The van der Waals surface area contributed by atoms with Gasteiger partial charge in [0, 0.05) is 23.7 Å². The summed E-state index contributed by atoms with van der Waals surface area (Å²) in [5, 5.41) is 4.45. The topological polar surface area (TPSA) is 24.9 Å². The summed E-state index contributed by atoms with van der Waals surface area (Å²) < 4.78 is 0. The molecule has 0 saturated heterocycles. The maximum Gasteiger partial charge on any atom is 0.101 e. The van der Waals surface area contributed by atoms with E-state index >= 15 is 0 Å². The van der Waals surface area contributed by atoms with Crippen molar-refractivity contribution < 1.29 is 0 Å². The molecule has 106 valence electrons. The summed E-state index contributed by atoms with van der Waals surface area (Å²) in [7, 11) is 0. The fraction of sp³-hybridized carbons (Fsp3) is 0.353. The maximum absolute atomic E-state index is 4.55. The minimum absolute atomic E-state index is 0.499. The van der Waals surface area contributed by atoms with Gasteiger partial charge in [0.2, 0.25) is 0 Å². The molecule has 1 N–H and O–H groups in total. The van der Waals surface area contributed by atoms with Crippen molar-refractivity contribution in [3.63, 3.8) is 0 Å². The summed E-state index contributed by atoms with van der Waals surface area (Å²) in [6, 6.07) is 11.3. The number of aryl methyl sites for hydroxylation is 2. The van der Waals surface area contributed by atoms with Crippen LogP contribution in [-0.4, -0.2) is 11.0 Å². The van der Waals surface area contributed by atoms with Crippen molar-refractivity contribution in [2.24, 2.45) is 0 Å². The van der Waals surface area contributed by atoms with Gasteiger partial charge in [-0.2, -0.15) is 0 Å². The Bertz CT molecular complexity index is 562. The first-order chi connectivity index (χ1) is 9.54. The van der Waals surface area contributed by atoms with Crippen LogP contribution < -0.4 is 5.32 Å². The van der Waals surface area contributed by atoms with Crippen LogP contribution in [0.1, 0.15) is 30.5 Å². The van der Waals surface area contributed by atoms with Gasteiger partial charge in [-0.1, -0.05) is 43.8 Å². The number of hydrogen-bond acceptors (Lipinski definition) is 3. The van der Waals surface area contributed by atoms with Crippen LogP contribution in [0.25, 0.3) is 0 Å². The number of rotatable bonds is 5. The Morgan fingerprint density at radius 3 is 2.60 bits per heavy atom. The third-order valence-electron chi connectivity index (χ3n) is 3.07. The van der Waals surface area contributed by atoms with Crippen LogP contribution in [-0.2, 0) is 6.54 Å². The lowest BCUT2D eigenvalue weighted by molar-refractivity contribution is 0.587. The molecule has 0 amide bonds. The molecule has 2 aromatic rings. The lowest BCUT2D eigenvalue weighted by Crippen LogP contribution is -2.21. The molecular weight excluding hydrogens is 264 g/mol. The number of nitrogens with one attached hydrogen (secondary N) is 1. The summed E-state index contributed by atoms with van der Waals surface area (Å²) in [5.74, 6) is 0. The van der Waals surface area contributed by atoms with Gasteiger partial charge in [-0.15, -0.1) is 0 Å². The summed E-state index contributed by atoms with van der Waals surface area (Å²) >= 11 is 1.73. The van der Waals surface area contributed by atoms with E-state index in [9.17, 15) is 0 Å². The third kappa shape index (κ3) is 4.36. The van der Waals surface area contributed by atoms with Crippen LogP contribution in [0.3, 0.4) is 0 Å². The summed E-state index contributed by atoms with van der Waals surface area (Å²) in [5.41, 5.74) is 3.81. The van der Waals surface area contributed by atoms with Crippen LogP contribution >= 0.6 is 11.8 Å². The van der Waals surface area contributed by atoms with Gasteiger partial charge in [0.15, 0.2) is 0 Å². The van der Waals surface area contributed by atoms with Gasteiger partial charge in [-0.3, -0.25) is 0 Å². The lowest BCUT2D eigenvalue weighted by atomic mass is 10.2. The highest BCUT2D eigenvalue weighted by atomic mass is 32.2. The molecule has 0 aliphatic rings. The van der Waals surface area contributed by atoms with Gasteiger partial charge in [0.25, 0.3) is 0 Å². The molecular formula is C17H22N2S. The van der Waals surface area contributed by atoms with E-state index in [-0.39, 0.29) is 0 Å². The van der Waals surface area contributed by atoms with E-state index < -0.39 is 0 Å². The van der Waals surface area contributed by atoms with Crippen LogP contribution in [0, 0.1) is 13.8 Å². The Kier molecular flexibility index (Phi) is 5.21. The van der Waals surface area contributed by atoms with E-state index in [0.29, 0.717) is 6.04 Å². The van der Waals surface area contributed by atoms with E-state index in [4.69, 9.17) is 0 Å². The molecule has 0 aliphatic carbocycles. The van der Waals surface area contributed by atoms with E-state index in [1.807, 2.05) is 6.20 Å². The van der Waals surface area contributed by atoms with Gasteiger partial charge < -0.3 is 5.32 Å². The zero-order valence-electron chi connectivity index (χ0n) is 12.6. The van der Waals surface area contributed by atoms with Gasteiger partial charge in [0.05, 0.1) is 0 Å². The molecule has 1 heterocycles. The predicted octanol–water partition coefficient (Wildman–Crippen LogP) is 4.35. The quantitative estimate of drug-likeness (QED) is 0.884. The predicted molar refractivity (Wildman–Crippen MR) is 86.3 cm³/mol. The van der Waals surface area contributed by atoms with Gasteiger partial charge in [0.1, 0.15) is 5.03 Å². The number of nitrogens with zero attached hydrogens (tertiary/aromatic N) is 1. The van der Waals surface area contributed by atoms with E-state index in [1.54, 1.807) is 11.8 Å². The minimum Gasteiger partial charge on any atom is -0.310 e. The molecule has 0 saturated carbocycles. The maximum atomic E-state index is 4.55. The smallest absolute Gasteiger partial charge is 0.101 e. The highest BCUT2D eigenvalue weighted by Crippen LogP contribution is 2.29. The van der Waals surface area contributed by atoms with Crippen LogP contribution in [0.4, 0.5) is 0 Å². The number of benzene rings is 1. The molecule has 2 rings (SSSR count). The van der Waals surface area contributed by atoms with Crippen molar-refractivity contribution in [1.29, 1.82) is 0 Å². The van der Waals surface area contributed by atoms with Crippen molar-refractivity contribution in [2.45, 2.75) is 50.2 Å². The second-order valence-corrected chi connectivity index (χ2v) is 6.47. The zero-order valence-corrected chi connectivity index (χ0v) is 13.4. The van der Waals surface area contributed by atoms with E-state index in [2.05, 4.69) is 68.3 Å².